The van der Waals surface area contributed by atoms with Gasteiger partial charge in [-0.3, -0.25) is 4.79 Å². The van der Waals surface area contributed by atoms with Crippen LogP contribution in [-0.2, 0) is 0 Å². The summed E-state index contributed by atoms with van der Waals surface area (Å²) in [7, 11) is 1.76. The predicted octanol–water partition coefficient (Wildman–Crippen LogP) is 0.575. The molecule has 0 saturated heterocycles. The van der Waals surface area contributed by atoms with Crippen molar-refractivity contribution in [3.8, 4) is 0 Å². The Morgan fingerprint density at radius 2 is 2.06 bits per heavy atom. The fourth-order valence-electron chi connectivity index (χ4n) is 1.85. The zero-order chi connectivity index (χ0) is 13.2. The summed E-state index contributed by atoms with van der Waals surface area (Å²) in [5.74, 6) is -0.533. The summed E-state index contributed by atoms with van der Waals surface area (Å²) >= 11 is 0. The molecule has 5 heteroatoms. The van der Waals surface area contributed by atoms with Gasteiger partial charge in [0.1, 0.15) is 0 Å². The Morgan fingerprint density at radius 3 is 2.53 bits per heavy atom. The highest BCUT2D eigenvalue weighted by atomic mass is 16.3. The summed E-state index contributed by atoms with van der Waals surface area (Å²) in [6.45, 7) is 3.72. The van der Waals surface area contributed by atoms with E-state index >= 15 is 0 Å². The number of nitrogens with zero attached hydrogens (tertiary/aromatic N) is 1. The first-order valence-corrected chi connectivity index (χ1v) is 5.34. The number of benzene rings is 1. The van der Waals surface area contributed by atoms with E-state index in [0.29, 0.717) is 23.5 Å². The third-order valence-electron chi connectivity index (χ3n) is 2.34. The molecule has 0 aromatic heterocycles. The first-order chi connectivity index (χ1) is 7.72. The third kappa shape index (κ3) is 3.35. The average Bonchev–Trinajstić information content (AvgIpc) is 2.13. The molecule has 0 atom stereocenters. The van der Waals surface area contributed by atoms with Crippen LogP contribution in [0.15, 0.2) is 18.2 Å². The first kappa shape index (κ1) is 13.3. The summed E-state index contributed by atoms with van der Waals surface area (Å²) in [6, 6.07) is 4.99. The lowest BCUT2D eigenvalue weighted by atomic mass is 10.1. The summed E-state index contributed by atoms with van der Waals surface area (Å²) in [4.78, 5) is 13.1. The monoisotopic (exact) mass is 237 g/mol. The summed E-state index contributed by atoms with van der Waals surface area (Å²) in [6.07, 6.45) is 0. The molecule has 0 aliphatic carbocycles. The molecule has 94 valence electrons. The number of anilines is 2. The van der Waals surface area contributed by atoms with Gasteiger partial charge in [0.25, 0.3) is 5.91 Å². The molecule has 1 aromatic carbocycles. The number of rotatable bonds is 4. The molecule has 1 amide bonds. The van der Waals surface area contributed by atoms with Crippen LogP contribution < -0.4 is 16.4 Å². The number of aliphatic hydroxyl groups is 1. The third-order valence-corrected chi connectivity index (χ3v) is 2.34. The summed E-state index contributed by atoms with van der Waals surface area (Å²) < 4.78 is 0. The molecule has 0 unspecified atom stereocenters. The minimum Gasteiger partial charge on any atom is -0.397 e. The molecule has 5 N–H and O–H groups in total. The van der Waals surface area contributed by atoms with Gasteiger partial charge in [0.2, 0.25) is 0 Å². The molecule has 1 aromatic rings. The second kappa shape index (κ2) is 4.63. The van der Waals surface area contributed by atoms with Gasteiger partial charge >= 0.3 is 0 Å². The van der Waals surface area contributed by atoms with Crippen molar-refractivity contribution in [1.29, 1.82) is 0 Å². The Balaban J connectivity index is 3.16. The van der Waals surface area contributed by atoms with Crippen LogP contribution in [0.2, 0.25) is 0 Å². The van der Waals surface area contributed by atoms with Crippen LogP contribution >= 0.6 is 0 Å². The van der Waals surface area contributed by atoms with Crippen molar-refractivity contribution in [2.24, 2.45) is 5.73 Å². The fourth-order valence-corrected chi connectivity index (χ4v) is 1.85. The number of amides is 1. The lowest BCUT2D eigenvalue weighted by Crippen LogP contribution is -2.37. The SMILES string of the molecule is CN(CC(C)(C)O)c1c(N)cccc1C(N)=O. The Kier molecular flexibility index (Phi) is 3.63. The predicted molar refractivity (Wildman–Crippen MR) is 68.9 cm³/mol. The molecule has 17 heavy (non-hydrogen) atoms. The van der Waals surface area contributed by atoms with Crippen LogP contribution in [-0.4, -0.2) is 30.2 Å². The normalized spacial score (nSPS) is 11.3. The fraction of sp³-hybridized carbons (Fsp3) is 0.417. The maximum absolute atomic E-state index is 11.3. The number of hydrogen-bond donors (Lipinski definition) is 3. The van der Waals surface area contributed by atoms with E-state index in [1.165, 1.54) is 0 Å². The number of para-hydroxylation sites is 1. The van der Waals surface area contributed by atoms with Crippen molar-refractivity contribution in [3.63, 3.8) is 0 Å². The van der Waals surface area contributed by atoms with Crippen molar-refractivity contribution >= 4 is 17.3 Å². The van der Waals surface area contributed by atoms with E-state index in [1.807, 2.05) is 0 Å². The standard InChI is InChI=1S/C12H19N3O2/c1-12(2,17)7-15(3)10-8(11(14)16)5-4-6-9(10)13/h4-6,17H,7,13H2,1-3H3,(H2,14,16). The largest absolute Gasteiger partial charge is 0.397 e. The van der Waals surface area contributed by atoms with Gasteiger partial charge in [0.15, 0.2) is 0 Å². The Bertz CT molecular complexity index is 424. The number of primary amides is 1. The lowest BCUT2D eigenvalue weighted by Gasteiger charge is -2.29. The van der Waals surface area contributed by atoms with E-state index in [1.54, 1.807) is 44.0 Å². The molecule has 0 fully saturated rings. The van der Waals surface area contributed by atoms with Gasteiger partial charge in [0.05, 0.1) is 22.5 Å². The summed E-state index contributed by atoms with van der Waals surface area (Å²) in [5, 5.41) is 9.77. The molecule has 0 aliphatic rings. The number of carbonyl (C=O) groups is 1. The minimum atomic E-state index is -0.883. The Labute approximate surface area is 101 Å². The molecule has 0 radical (unpaired) electrons. The second-order valence-corrected chi connectivity index (χ2v) is 4.78. The van der Waals surface area contributed by atoms with Crippen molar-refractivity contribution in [2.45, 2.75) is 19.4 Å². The maximum Gasteiger partial charge on any atom is 0.250 e. The number of likely N-dealkylation sites (N-methyl/N-ethyl adjacent to an activating group) is 1. The van der Waals surface area contributed by atoms with E-state index in [-0.39, 0.29) is 0 Å². The molecule has 0 spiro atoms. The highest BCUT2D eigenvalue weighted by Gasteiger charge is 2.20. The van der Waals surface area contributed by atoms with Crippen LogP contribution in [0.1, 0.15) is 24.2 Å². The smallest absolute Gasteiger partial charge is 0.250 e. The highest BCUT2D eigenvalue weighted by Crippen LogP contribution is 2.27. The molecule has 0 bridgehead atoms. The molecular weight excluding hydrogens is 218 g/mol. The van der Waals surface area contributed by atoms with Crippen molar-refractivity contribution < 1.29 is 9.90 Å². The molecule has 1 rings (SSSR count). The van der Waals surface area contributed by atoms with Gasteiger partial charge < -0.3 is 21.5 Å². The number of hydrogen-bond acceptors (Lipinski definition) is 4. The second-order valence-electron chi connectivity index (χ2n) is 4.78. The van der Waals surface area contributed by atoms with Crippen LogP contribution in [0.4, 0.5) is 11.4 Å². The molecule has 0 aliphatic heterocycles. The molecule has 0 saturated carbocycles. The summed E-state index contributed by atoms with van der Waals surface area (Å²) in [5.41, 5.74) is 11.6. The van der Waals surface area contributed by atoms with Crippen LogP contribution in [0, 0.1) is 0 Å². The quantitative estimate of drug-likeness (QED) is 0.668. The molecule has 0 heterocycles. The maximum atomic E-state index is 11.3. The zero-order valence-electron chi connectivity index (χ0n) is 10.4. The number of carbonyl (C=O) groups excluding carboxylic acids is 1. The Morgan fingerprint density at radius 1 is 1.47 bits per heavy atom. The zero-order valence-corrected chi connectivity index (χ0v) is 10.4. The van der Waals surface area contributed by atoms with E-state index in [9.17, 15) is 9.90 Å². The van der Waals surface area contributed by atoms with Crippen LogP contribution in [0.25, 0.3) is 0 Å². The van der Waals surface area contributed by atoms with E-state index < -0.39 is 11.5 Å². The average molecular weight is 237 g/mol. The van der Waals surface area contributed by atoms with E-state index in [0.717, 1.165) is 0 Å². The van der Waals surface area contributed by atoms with Crippen molar-refractivity contribution in [1.82, 2.24) is 0 Å². The lowest BCUT2D eigenvalue weighted by molar-refractivity contribution is 0.0882. The topological polar surface area (TPSA) is 92.6 Å². The van der Waals surface area contributed by atoms with Crippen LogP contribution in [0.3, 0.4) is 0 Å². The van der Waals surface area contributed by atoms with Crippen LogP contribution in [0.5, 0.6) is 0 Å². The Hall–Kier alpha value is -1.75. The van der Waals surface area contributed by atoms with Gasteiger partial charge in [-0.1, -0.05) is 6.07 Å². The van der Waals surface area contributed by atoms with Gasteiger partial charge in [-0.05, 0) is 26.0 Å². The molecular formula is C12H19N3O2. The van der Waals surface area contributed by atoms with Gasteiger partial charge in [0, 0.05) is 13.6 Å². The highest BCUT2D eigenvalue weighted by molar-refractivity contribution is 6.01. The van der Waals surface area contributed by atoms with Gasteiger partial charge in [-0.2, -0.15) is 0 Å². The number of nitrogen functional groups attached to an aromatic ring is 1. The first-order valence-electron chi connectivity index (χ1n) is 5.34. The van der Waals surface area contributed by atoms with Gasteiger partial charge in [-0.25, -0.2) is 0 Å². The van der Waals surface area contributed by atoms with Crippen molar-refractivity contribution in [2.75, 3.05) is 24.2 Å². The number of nitrogens with two attached hydrogens (primary N) is 2. The molecule has 5 nitrogen and oxygen atoms in total. The van der Waals surface area contributed by atoms with E-state index in [2.05, 4.69) is 0 Å². The van der Waals surface area contributed by atoms with E-state index in [4.69, 9.17) is 11.5 Å². The van der Waals surface area contributed by atoms with Crippen molar-refractivity contribution in [3.05, 3.63) is 23.8 Å². The minimum absolute atomic E-state index is 0.349. The van der Waals surface area contributed by atoms with Gasteiger partial charge in [-0.15, -0.1) is 0 Å².